The van der Waals surface area contributed by atoms with Gasteiger partial charge in [-0.05, 0) is 77.6 Å². The number of rotatable bonds is 4. The van der Waals surface area contributed by atoms with Crippen LogP contribution < -0.4 is 5.48 Å². The zero-order chi connectivity index (χ0) is 23.4. The van der Waals surface area contributed by atoms with Crippen LogP contribution in [-0.2, 0) is 17.8 Å². The van der Waals surface area contributed by atoms with Crippen LogP contribution in [-0.4, -0.2) is 28.5 Å². The van der Waals surface area contributed by atoms with Crippen molar-refractivity contribution in [1.29, 1.82) is 0 Å². The van der Waals surface area contributed by atoms with Gasteiger partial charge in [0.2, 0.25) is 0 Å². The summed E-state index contributed by atoms with van der Waals surface area (Å²) in [5.41, 5.74) is 5.72. The van der Waals surface area contributed by atoms with Gasteiger partial charge in [-0.2, -0.15) is 0 Å². The maximum absolute atomic E-state index is 13.7. The first-order valence-electron chi connectivity index (χ1n) is 10.5. The summed E-state index contributed by atoms with van der Waals surface area (Å²) in [4.78, 5) is 27.3. The van der Waals surface area contributed by atoms with E-state index in [-0.39, 0.29) is 11.7 Å². The Morgan fingerprint density at radius 2 is 1.67 bits per heavy atom. The molecule has 4 rings (SSSR count). The molecule has 2 amide bonds. The molecule has 3 aromatic carbocycles. The average Bonchev–Trinajstić information content (AvgIpc) is 3.05. The van der Waals surface area contributed by atoms with Gasteiger partial charge in [0.1, 0.15) is 5.82 Å². The van der Waals surface area contributed by atoms with E-state index >= 15 is 0 Å². The highest BCUT2D eigenvalue weighted by molar-refractivity contribution is 6.30. The first kappa shape index (κ1) is 22.7. The van der Waals surface area contributed by atoms with Gasteiger partial charge in [0.25, 0.3) is 11.8 Å². The summed E-state index contributed by atoms with van der Waals surface area (Å²) in [5, 5.41) is 9.55. The van der Waals surface area contributed by atoms with E-state index in [2.05, 4.69) is 0 Å². The monoisotopic (exact) mass is 464 g/mol. The van der Waals surface area contributed by atoms with Gasteiger partial charge in [-0.1, -0.05) is 41.9 Å². The Hall–Kier alpha value is -3.48. The first-order chi connectivity index (χ1) is 15.9. The fourth-order valence-corrected chi connectivity index (χ4v) is 4.06. The topological polar surface area (TPSA) is 69.6 Å². The summed E-state index contributed by atoms with van der Waals surface area (Å²) >= 11 is 6.00. The Morgan fingerprint density at radius 1 is 0.970 bits per heavy atom. The molecule has 0 atom stereocenters. The highest BCUT2D eigenvalue weighted by Crippen LogP contribution is 2.26. The van der Waals surface area contributed by atoms with Crippen LogP contribution in [0.4, 0.5) is 4.39 Å². The summed E-state index contributed by atoms with van der Waals surface area (Å²) in [7, 11) is 0. The summed E-state index contributed by atoms with van der Waals surface area (Å²) in [5.74, 6) is -1.17. The Bertz CT molecular complexity index is 1210. The fraction of sp³-hybridized carbons (Fsp3) is 0.154. The van der Waals surface area contributed by atoms with E-state index in [9.17, 15) is 14.0 Å². The van der Waals surface area contributed by atoms with Gasteiger partial charge in [-0.25, -0.2) is 9.87 Å². The number of aryl methyl sites for hydroxylation is 1. The molecule has 0 radical (unpaired) electrons. The van der Waals surface area contributed by atoms with Crippen molar-refractivity contribution in [2.45, 2.75) is 19.4 Å². The molecular weight excluding hydrogens is 443 g/mol. The summed E-state index contributed by atoms with van der Waals surface area (Å²) in [6.45, 7) is 0.855. The number of hydrogen-bond acceptors (Lipinski definition) is 3. The average molecular weight is 465 g/mol. The van der Waals surface area contributed by atoms with Crippen LogP contribution in [0.5, 0.6) is 0 Å². The molecule has 2 N–H and O–H groups in total. The number of carbonyl (C=O) groups is 2. The van der Waals surface area contributed by atoms with Gasteiger partial charge >= 0.3 is 0 Å². The minimum absolute atomic E-state index is 0.193. The van der Waals surface area contributed by atoms with Gasteiger partial charge in [0, 0.05) is 29.2 Å². The van der Waals surface area contributed by atoms with E-state index in [0.717, 1.165) is 29.5 Å². The molecule has 0 saturated carbocycles. The van der Waals surface area contributed by atoms with Crippen LogP contribution in [0.2, 0.25) is 5.02 Å². The highest BCUT2D eigenvalue weighted by atomic mass is 35.5. The second-order valence-corrected chi connectivity index (χ2v) is 8.31. The van der Waals surface area contributed by atoms with Gasteiger partial charge in [0.15, 0.2) is 0 Å². The van der Waals surface area contributed by atoms with Crippen LogP contribution >= 0.6 is 11.6 Å². The van der Waals surface area contributed by atoms with Crippen molar-refractivity contribution >= 4 is 35.1 Å². The number of nitrogens with one attached hydrogen (secondary N) is 1. The Kier molecular flexibility index (Phi) is 6.87. The number of benzene rings is 3. The standard InChI is InChI=1S/C26H22ClFN2O3/c27-22-9-3-17(4-10-22)14-24(19-7-11-23(28)12-8-19)26(32)30-13-1-2-18-5-6-20(25(31)29-33)15-21(18)16-30/h3-12,14-15,33H,1-2,13,16H2,(H,29,31). The van der Waals surface area contributed by atoms with Crippen molar-refractivity contribution in [3.05, 3.63) is 105 Å². The van der Waals surface area contributed by atoms with Crippen LogP contribution in [0.15, 0.2) is 66.7 Å². The molecule has 0 unspecified atom stereocenters. The third kappa shape index (κ3) is 5.30. The number of carbonyl (C=O) groups excluding carboxylic acids is 2. The van der Waals surface area contributed by atoms with Crippen molar-refractivity contribution in [1.82, 2.24) is 10.4 Å². The molecule has 0 bridgehead atoms. The first-order valence-corrected chi connectivity index (χ1v) is 10.9. The van der Waals surface area contributed by atoms with Crippen LogP contribution in [0.25, 0.3) is 11.6 Å². The van der Waals surface area contributed by atoms with Crippen molar-refractivity contribution in [3.8, 4) is 0 Å². The summed E-state index contributed by atoms with van der Waals surface area (Å²) in [6.07, 6.45) is 3.31. The number of fused-ring (bicyclic) bond motifs is 1. The van der Waals surface area contributed by atoms with Crippen LogP contribution in [0.3, 0.4) is 0 Å². The number of nitrogens with zero attached hydrogens (tertiary/aromatic N) is 1. The second-order valence-electron chi connectivity index (χ2n) is 7.87. The molecule has 5 nitrogen and oxygen atoms in total. The number of hydroxylamine groups is 1. The third-order valence-corrected chi connectivity index (χ3v) is 5.91. The number of amides is 2. The number of halogens is 2. The van der Waals surface area contributed by atoms with Crippen molar-refractivity contribution < 1.29 is 19.2 Å². The molecule has 0 aromatic heterocycles. The Morgan fingerprint density at radius 3 is 2.36 bits per heavy atom. The maximum Gasteiger partial charge on any atom is 0.274 e. The summed E-state index contributed by atoms with van der Waals surface area (Å²) in [6, 6.07) is 18.2. The molecule has 3 aromatic rings. The maximum atomic E-state index is 13.7. The highest BCUT2D eigenvalue weighted by Gasteiger charge is 2.24. The lowest BCUT2D eigenvalue weighted by atomic mass is 10.00. The van der Waals surface area contributed by atoms with E-state index in [0.29, 0.717) is 34.8 Å². The van der Waals surface area contributed by atoms with E-state index < -0.39 is 5.91 Å². The lowest BCUT2D eigenvalue weighted by Gasteiger charge is -2.23. The predicted octanol–water partition coefficient (Wildman–Crippen LogP) is 5.11. The largest absolute Gasteiger partial charge is 0.334 e. The van der Waals surface area contributed by atoms with Crippen molar-refractivity contribution in [2.24, 2.45) is 0 Å². The minimum atomic E-state index is -0.602. The smallest absolute Gasteiger partial charge is 0.274 e. The van der Waals surface area contributed by atoms with E-state index in [1.807, 2.05) is 18.2 Å². The fourth-order valence-electron chi connectivity index (χ4n) is 3.94. The quantitative estimate of drug-likeness (QED) is 0.244. The molecule has 0 aliphatic carbocycles. The van der Waals surface area contributed by atoms with E-state index in [4.69, 9.17) is 16.8 Å². The van der Waals surface area contributed by atoms with Gasteiger partial charge in [0.05, 0.1) is 0 Å². The molecule has 1 aliphatic heterocycles. The van der Waals surface area contributed by atoms with Gasteiger partial charge < -0.3 is 4.90 Å². The van der Waals surface area contributed by atoms with E-state index in [1.165, 1.54) is 12.1 Å². The molecule has 0 saturated heterocycles. The van der Waals surface area contributed by atoms with Gasteiger partial charge in [-0.3, -0.25) is 14.8 Å². The molecule has 1 heterocycles. The Labute approximate surface area is 196 Å². The molecule has 0 spiro atoms. The molecule has 1 aliphatic rings. The van der Waals surface area contributed by atoms with Crippen molar-refractivity contribution in [2.75, 3.05) is 6.54 Å². The Balaban J connectivity index is 1.70. The van der Waals surface area contributed by atoms with Gasteiger partial charge in [-0.15, -0.1) is 0 Å². The van der Waals surface area contributed by atoms with E-state index in [1.54, 1.807) is 52.9 Å². The minimum Gasteiger partial charge on any atom is -0.334 e. The zero-order valence-corrected chi connectivity index (χ0v) is 18.5. The molecule has 7 heteroatoms. The molecule has 33 heavy (non-hydrogen) atoms. The normalized spacial score (nSPS) is 13.8. The second kappa shape index (κ2) is 9.98. The molecular formula is C26H22ClFN2O3. The lowest BCUT2D eigenvalue weighted by molar-refractivity contribution is -0.125. The van der Waals surface area contributed by atoms with Crippen molar-refractivity contribution in [3.63, 3.8) is 0 Å². The lowest BCUT2D eigenvalue weighted by Crippen LogP contribution is -2.31. The zero-order valence-electron chi connectivity index (χ0n) is 17.7. The SMILES string of the molecule is O=C(NO)c1ccc2c(c1)CN(C(=O)C(=Cc1ccc(Cl)cc1)c1ccc(F)cc1)CCC2. The van der Waals surface area contributed by atoms with Crippen LogP contribution in [0.1, 0.15) is 39.0 Å². The molecule has 168 valence electrons. The van der Waals surface area contributed by atoms with Crippen LogP contribution in [0, 0.1) is 5.82 Å². The number of hydrogen-bond donors (Lipinski definition) is 2. The third-order valence-electron chi connectivity index (χ3n) is 5.66. The summed E-state index contributed by atoms with van der Waals surface area (Å²) < 4.78 is 13.5. The molecule has 0 fully saturated rings. The predicted molar refractivity (Wildman–Crippen MR) is 125 cm³/mol.